The number of hydrogen-bond acceptors (Lipinski definition) is 5. The molecule has 0 aliphatic carbocycles. The molecular formula is C18H19F3N2O5. The van der Waals surface area contributed by atoms with Gasteiger partial charge < -0.3 is 19.1 Å². The number of fused-ring (bicyclic) bond motifs is 2. The number of rotatable bonds is 2. The van der Waals surface area contributed by atoms with Gasteiger partial charge in [-0.2, -0.15) is 13.2 Å². The second-order valence-electron chi connectivity index (χ2n) is 6.81. The standard InChI is InChI=1S/C18H19F3N2O5/c19-17(20,21)11-23-14-3-2-12(15(24)22-4-8-26-9-5-22)10-13(14)18(16(23)25)27-6-1-7-28-18/h2-3,10H,1,4-9,11H2. The van der Waals surface area contributed by atoms with E-state index in [9.17, 15) is 22.8 Å². The van der Waals surface area contributed by atoms with Crippen molar-refractivity contribution in [2.75, 3.05) is 51.0 Å². The van der Waals surface area contributed by atoms with Crippen molar-refractivity contribution in [1.29, 1.82) is 0 Å². The van der Waals surface area contributed by atoms with Gasteiger partial charge in [-0.1, -0.05) is 0 Å². The average molecular weight is 400 g/mol. The Bertz CT molecular complexity index is 786. The molecule has 7 nitrogen and oxygen atoms in total. The molecule has 1 spiro atoms. The van der Waals surface area contributed by atoms with Crippen LogP contribution in [0.2, 0.25) is 0 Å². The van der Waals surface area contributed by atoms with Crippen molar-refractivity contribution < 1.29 is 37.0 Å². The summed E-state index contributed by atoms with van der Waals surface area (Å²) in [5, 5.41) is 0. The normalized spacial score (nSPS) is 21.9. The number of amides is 2. The van der Waals surface area contributed by atoms with E-state index < -0.39 is 24.4 Å². The lowest BCUT2D eigenvalue weighted by atomic mass is 10.0. The van der Waals surface area contributed by atoms with Gasteiger partial charge in [0, 0.05) is 24.2 Å². The number of morpholine rings is 1. The van der Waals surface area contributed by atoms with Gasteiger partial charge in [-0.15, -0.1) is 0 Å². The number of halogens is 3. The van der Waals surface area contributed by atoms with E-state index in [-0.39, 0.29) is 35.9 Å². The molecule has 10 heteroatoms. The van der Waals surface area contributed by atoms with Crippen molar-refractivity contribution in [3.63, 3.8) is 0 Å². The molecule has 4 rings (SSSR count). The lowest BCUT2D eigenvalue weighted by Gasteiger charge is -2.33. The van der Waals surface area contributed by atoms with Gasteiger partial charge >= 0.3 is 6.18 Å². The lowest BCUT2D eigenvalue weighted by Crippen LogP contribution is -2.49. The van der Waals surface area contributed by atoms with Crippen molar-refractivity contribution in [2.24, 2.45) is 0 Å². The van der Waals surface area contributed by atoms with Crippen LogP contribution >= 0.6 is 0 Å². The van der Waals surface area contributed by atoms with Gasteiger partial charge in [-0.25, -0.2) is 0 Å². The van der Waals surface area contributed by atoms with Crippen molar-refractivity contribution in [3.8, 4) is 0 Å². The second-order valence-corrected chi connectivity index (χ2v) is 6.81. The highest BCUT2D eigenvalue weighted by atomic mass is 19.4. The minimum absolute atomic E-state index is 0.0442. The minimum atomic E-state index is -4.59. The number of alkyl halides is 3. The van der Waals surface area contributed by atoms with E-state index in [1.54, 1.807) is 4.90 Å². The van der Waals surface area contributed by atoms with E-state index in [1.807, 2.05) is 0 Å². The first-order chi connectivity index (χ1) is 13.3. The number of anilines is 1. The maximum atomic E-state index is 13.0. The predicted molar refractivity (Wildman–Crippen MR) is 89.8 cm³/mol. The number of carbonyl (C=O) groups is 2. The molecule has 28 heavy (non-hydrogen) atoms. The highest BCUT2D eigenvalue weighted by Gasteiger charge is 2.56. The molecule has 0 aromatic heterocycles. The van der Waals surface area contributed by atoms with Gasteiger partial charge in [0.05, 0.1) is 32.1 Å². The number of hydrogen-bond donors (Lipinski definition) is 0. The van der Waals surface area contributed by atoms with E-state index in [0.29, 0.717) is 37.6 Å². The monoisotopic (exact) mass is 400 g/mol. The first kappa shape index (κ1) is 19.2. The van der Waals surface area contributed by atoms with Gasteiger partial charge in [-0.3, -0.25) is 14.5 Å². The summed E-state index contributed by atoms with van der Waals surface area (Å²) in [6.07, 6.45) is -4.06. The third-order valence-electron chi connectivity index (χ3n) is 4.95. The van der Waals surface area contributed by atoms with Crippen molar-refractivity contribution in [3.05, 3.63) is 29.3 Å². The number of carbonyl (C=O) groups excluding carboxylic acids is 2. The van der Waals surface area contributed by atoms with Crippen LogP contribution in [0.15, 0.2) is 18.2 Å². The summed E-state index contributed by atoms with van der Waals surface area (Å²) in [6.45, 7) is 0.583. The van der Waals surface area contributed by atoms with Gasteiger partial charge in [-0.05, 0) is 24.6 Å². The van der Waals surface area contributed by atoms with E-state index in [2.05, 4.69) is 0 Å². The Morgan fingerprint density at radius 2 is 1.79 bits per heavy atom. The maximum Gasteiger partial charge on any atom is 0.406 e. The zero-order valence-corrected chi connectivity index (χ0v) is 15.0. The second kappa shape index (κ2) is 7.02. The molecule has 3 aliphatic heterocycles. The van der Waals surface area contributed by atoms with Crippen LogP contribution in [0.5, 0.6) is 0 Å². The molecular weight excluding hydrogens is 381 g/mol. The van der Waals surface area contributed by atoms with Crippen LogP contribution in [-0.4, -0.2) is 69.0 Å². The zero-order chi connectivity index (χ0) is 19.9. The number of ether oxygens (including phenoxy) is 3. The van der Waals surface area contributed by atoms with E-state index in [1.165, 1.54) is 18.2 Å². The first-order valence-electron chi connectivity index (χ1n) is 9.00. The fraction of sp³-hybridized carbons (Fsp3) is 0.556. The van der Waals surface area contributed by atoms with E-state index in [4.69, 9.17) is 14.2 Å². The molecule has 2 fully saturated rings. The van der Waals surface area contributed by atoms with Gasteiger partial charge in [0.25, 0.3) is 17.6 Å². The molecule has 0 unspecified atom stereocenters. The molecule has 1 aromatic carbocycles. The van der Waals surface area contributed by atoms with Crippen LogP contribution in [0.25, 0.3) is 0 Å². The van der Waals surface area contributed by atoms with Crippen LogP contribution in [-0.2, 0) is 24.8 Å². The summed E-state index contributed by atoms with van der Waals surface area (Å²) in [6, 6.07) is 4.19. The summed E-state index contributed by atoms with van der Waals surface area (Å²) in [7, 11) is 0. The third kappa shape index (κ3) is 3.25. The summed E-state index contributed by atoms with van der Waals surface area (Å²) in [5.41, 5.74) is 0.447. The van der Waals surface area contributed by atoms with Crippen LogP contribution in [0.3, 0.4) is 0 Å². The third-order valence-corrected chi connectivity index (χ3v) is 4.95. The summed E-state index contributed by atoms with van der Waals surface area (Å²) < 4.78 is 55.5. The Kier molecular flexibility index (Phi) is 4.80. The highest BCUT2D eigenvalue weighted by Crippen LogP contribution is 2.46. The Morgan fingerprint density at radius 1 is 1.11 bits per heavy atom. The van der Waals surface area contributed by atoms with Gasteiger partial charge in [0.2, 0.25) is 0 Å². The summed E-state index contributed by atoms with van der Waals surface area (Å²) in [4.78, 5) is 27.9. The first-order valence-corrected chi connectivity index (χ1v) is 9.00. The zero-order valence-electron chi connectivity index (χ0n) is 15.0. The largest absolute Gasteiger partial charge is 0.406 e. The maximum absolute atomic E-state index is 13.0. The van der Waals surface area contributed by atoms with Crippen LogP contribution in [0.4, 0.5) is 18.9 Å². The van der Waals surface area contributed by atoms with Crippen LogP contribution < -0.4 is 4.90 Å². The van der Waals surface area contributed by atoms with Crippen LogP contribution in [0.1, 0.15) is 22.3 Å². The molecule has 3 aliphatic rings. The van der Waals surface area contributed by atoms with E-state index in [0.717, 1.165) is 0 Å². The quantitative estimate of drug-likeness (QED) is 0.756. The van der Waals surface area contributed by atoms with Crippen LogP contribution in [0, 0.1) is 0 Å². The summed E-state index contributed by atoms with van der Waals surface area (Å²) >= 11 is 0. The van der Waals surface area contributed by atoms with E-state index >= 15 is 0 Å². The topological polar surface area (TPSA) is 68.3 Å². The van der Waals surface area contributed by atoms with Crippen molar-refractivity contribution in [1.82, 2.24) is 4.90 Å². The molecule has 1 aromatic rings. The molecule has 0 saturated carbocycles. The Balaban J connectivity index is 1.73. The predicted octanol–water partition coefficient (Wildman–Crippen LogP) is 1.66. The SMILES string of the molecule is O=C(c1ccc2c(c1)C1(OCCCO1)C(=O)N2CC(F)(F)F)N1CCOCC1. The van der Waals surface area contributed by atoms with Gasteiger partial charge in [0.1, 0.15) is 6.54 Å². The molecule has 2 amide bonds. The highest BCUT2D eigenvalue weighted by molar-refractivity contribution is 6.07. The summed E-state index contributed by atoms with van der Waals surface area (Å²) in [5.74, 6) is -3.13. The lowest BCUT2D eigenvalue weighted by molar-refractivity contribution is -0.257. The minimum Gasteiger partial charge on any atom is -0.378 e. The van der Waals surface area contributed by atoms with Crippen molar-refractivity contribution >= 4 is 17.5 Å². The fourth-order valence-corrected chi connectivity index (χ4v) is 3.67. The molecule has 152 valence electrons. The molecule has 2 saturated heterocycles. The average Bonchev–Trinajstić information content (AvgIpc) is 2.90. The number of nitrogens with zero attached hydrogens (tertiary/aromatic N) is 2. The molecule has 0 radical (unpaired) electrons. The van der Waals surface area contributed by atoms with Gasteiger partial charge in [0.15, 0.2) is 0 Å². The smallest absolute Gasteiger partial charge is 0.378 e. The Labute approximate surface area is 158 Å². The Hall–Kier alpha value is -2.17. The molecule has 0 N–H and O–H groups in total. The molecule has 3 heterocycles. The molecule has 0 atom stereocenters. The van der Waals surface area contributed by atoms with Crippen molar-refractivity contribution in [2.45, 2.75) is 18.4 Å². The number of benzene rings is 1. The Morgan fingerprint density at radius 3 is 2.43 bits per heavy atom. The molecule has 0 bridgehead atoms. The fourth-order valence-electron chi connectivity index (χ4n) is 3.67.